The monoisotopic (exact) mass is 404 g/mol. The Kier molecular flexibility index (Phi) is 5.45. The van der Waals surface area contributed by atoms with Gasteiger partial charge in [0.1, 0.15) is 5.82 Å². The highest BCUT2D eigenvalue weighted by Crippen LogP contribution is 2.27. The van der Waals surface area contributed by atoms with Crippen LogP contribution >= 0.6 is 0 Å². The van der Waals surface area contributed by atoms with Crippen LogP contribution in [0.3, 0.4) is 0 Å². The second kappa shape index (κ2) is 8.34. The summed E-state index contributed by atoms with van der Waals surface area (Å²) < 4.78 is 13.4. The number of imidazole rings is 1. The first-order chi connectivity index (χ1) is 14.5. The number of hydrogen-bond acceptors (Lipinski definition) is 3. The van der Waals surface area contributed by atoms with Crippen LogP contribution in [0.4, 0.5) is 10.1 Å². The van der Waals surface area contributed by atoms with E-state index in [0.717, 1.165) is 11.1 Å². The molecule has 4 aromatic rings. The van der Waals surface area contributed by atoms with E-state index in [-0.39, 0.29) is 30.0 Å². The van der Waals surface area contributed by atoms with Gasteiger partial charge in [0.2, 0.25) is 5.91 Å². The van der Waals surface area contributed by atoms with Crippen LogP contribution in [-0.4, -0.2) is 34.4 Å². The Labute approximate surface area is 172 Å². The summed E-state index contributed by atoms with van der Waals surface area (Å²) in [5.41, 5.74) is 3.50. The summed E-state index contributed by atoms with van der Waals surface area (Å²) in [4.78, 5) is 31.4. The minimum absolute atomic E-state index is 0.124. The smallest absolute Gasteiger partial charge is 0.323 e. The number of likely N-dealkylation sites (N-methyl/N-ethyl adjacent to an activating group) is 1. The maximum absolute atomic E-state index is 13.4. The van der Waals surface area contributed by atoms with Crippen molar-refractivity contribution in [1.29, 1.82) is 0 Å². The van der Waals surface area contributed by atoms with Gasteiger partial charge < -0.3 is 15.3 Å². The van der Waals surface area contributed by atoms with Crippen molar-refractivity contribution in [1.82, 2.24) is 14.9 Å². The highest BCUT2D eigenvalue weighted by molar-refractivity contribution is 5.94. The first kappa shape index (κ1) is 19.6. The summed E-state index contributed by atoms with van der Waals surface area (Å²) in [6.07, 6.45) is 0. The van der Waals surface area contributed by atoms with Gasteiger partial charge in [0, 0.05) is 5.69 Å². The maximum Gasteiger partial charge on any atom is 0.323 e. The number of halogens is 1. The normalized spacial score (nSPS) is 12.2. The summed E-state index contributed by atoms with van der Waals surface area (Å²) in [7, 11) is 1.85. The topological polar surface area (TPSA) is 81.0 Å². The largest absolute Gasteiger partial charge is 0.325 e. The van der Waals surface area contributed by atoms with Gasteiger partial charge in [-0.05, 0) is 48.5 Å². The number of aromatic nitrogens is 2. The number of fused-ring (bicyclic) bond motifs is 1. The molecule has 1 aromatic heterocycles. The number of nitrogens with zero attached hydrogens (tertiary/aromatic N) is 1. The molecule has 0 aliphatic rings. The Morgan fingerprint density at radius 2 is 1.63 bits per heavy atom. The Morgan fingerprint density at radius 1 is 0.967 bits per heavy atom. The molecular weight excluding hydrogens is 383 g/mol. The minimum Gasteiger partial charge on any atom is -0.325 e. The van der Waals surface area contributed by atoms with E-state index in [2.05, 4.69) is 15.3 Å². The van der Waals surface area contributed by atoms with Gasteiger partial charge in [-0.25, -0.2) is 9.18 Å². The van der Waals surface area contributed by atoms with Crippen molar-refractivity contribution in [3.05, 3.63) is 100 Å². The van der Waals surface area contributed by atoms with Gasteiger partial charge in [0.05, 0.1) is 23.6 Å². The molecule has 4 rings (SSSR count). The van der Waals surface area contributed by atoms with Gasteiger partial charge >= 0.3 is 5.69 Å². The fourth-order valence-corrected chi connectivity index (χ4v) is 3.61. The van der Waals surface area contributed by atoms with E-state index in [0.29, 0.717) is 16.7 Å². The quantitative estimate of drug-likeness (QED) is 0.459. The van der Waals surface area contributed by atoms with Gasteiger partial charge in [0.15, 0.2) is 0 Å². The van der Waals surface area contributed by atoms with Crippen molar-refractivity contribution in [2.24, 2.45) is 0 Å². The van der Waals surface area contributed by atoms with Crippen molar-refractivity contribution >= 4 is 22.6 Å². The second-order valence-electron chi connectivity index (χ2n) is 7.17. The van der Waals surface area contributed by atoms with E-state index >= 15 is 0 Å². The van der Waals surface area contributed by atoms with E-state index in [9.17, 15) is 14.0 Å². The molecule has 0 aliphatic heterocycles. The highest BCUT2D eigenvalue weighted by Gasteiger charge is 2.21. The van der Waals surface area contributed by atoms with Crippen LogP contribution < -0.4 is 11.0 Å². The Morgan fingerprint density at radius 3 is 2.37 bits per heavy atom. The van der Waals surface area contributed by atoms with E-state index < -0.39 is 0 Å². The third-order valence-electron chi connectivity index (χ3n) is 4.93. The van der Waals surface area contributed by atoms with Crippen LogP contribution in [-0.2, 0) is 4.79 Å². The standard InChI is InChI=1S/C23H21FN4O2/c1-28(14-21(29)25-18-11-12-19-20(13-18)27-23(30)26-19)22(15-5-3-2-4-6-15)16-7-9-17(24)10-8-16/h2-13,22H,14H2,1H3,(H,25,29)(H2,26,27,30). The number of carbonyl (C=O) groups excluding carboxylic acids is 1. The molecule has 1 amide bonds. The molecule has 1 atom stereocenters. The Balaban J connectivity index is 1.53. The SMILES string of the molecule is CN(CC(=O)Nc1ccc2[nH]c(=O)[nH]c2c1)C(c1ccccc1)c1ccc(F)cc1. The molecule has 1 heterocycles. The molecule has 0 saturated heterocycles. The summed E-state index contributed by atoms with van der Waals surface area (Å²) >= 11 is 0. The number of hydrogen-bond donors (Lipinski definition) is 3. The van der Waals surface area contributed by atoms with Crippen molar-refractivity contribution in [2.45, 2.75) is 6.04 Å². The molecule has 0 saturated carbocycles. The number of nitrogens with one attached hydrogen (secondary N) is 3. The van der Waals surface area contributed by atoms with Crippen LogP contribution in [0.1, 0.15) is 17.2 Å². The van der Waals surface area contributed by atoms with Gasteiger partial charge in [-0.1, -0.05) is 42.5 Å². The molecule has 3 aromatic carbocycles. The lowest BCUT2D eigenvalue weighted by atomic mass is 9.97. The van der Waals surface area contributed by atoms with E-state index in [4.69, 9.17) is 0 Å². The average molecular weight is 404 g/mol. The van der Waals surface area contributed by atoms with Crippen LogP contribution in [0.15, 0.2) is 77.6 Å². The highest BCUT2D eigenvalue weighted by atomic mass is 19.1. The predicted octanol–water partition coefficient (Wildman–Crippen LogP) is 3.66. The minimum atomic E-state index is -0.302. The average Bonchev–Trinajstić information content (AvgIpc) is 3.09. The summed E-state index contributed by atoms with van der Waals surface area (Å²) in [5, 5.41) is 2.86. The lowest BCUT2D eigenvalue weighted by molar-refractivity contribution is -0.117. The molecular formula is C23H21FN4O2. The van der Waals surface area contributed by atoms with E-state index in [1.807, 2.05) is 42.3 Å². The molecule has 0 bridgehead atoms. The molecule has 30 heavy (non-hydrogen) atoms. The van der Waals surface area contributed by atoms with Gasteiger partial charge in [-0.15, -0.1) is 0 Å². The molecule has 1 unspecified atom stereocenters. The maximum atomic E-state index is 13.4. The van der Waals surface area contributed by atoms with Crippen LogP contribution in [0.2, 0.25) is 0 Å². The lowest BCUT2D eigenvalue weighted by Crippen LogP contribution is -2.34. The second-order valence-corrected chi connectivity index (χ2v) is 7.17. The number of anilines is 1. The van der Waals surface area contributed by atoms with Gasteiger partial charge in [-0.3, -0.25) is 9.69 Å². The van der Waals surface area contributed by atoms with Crippen molar-refractivity contribution in [2.75, 3.05) is 18.9 Å². The molecule has 3 N–H and O–H groups in total. The van der Waals surface area contributed by atoms with Crippen molar-refractivity contribution in [3.63, 3.8) is 0 Å². The molecule has 152 valence electrons. The first-order valence-corrected chi connectivity index (χ1v) is 9.52. The number of carbonyl (C=O) groups is 1. The van der Waals surface area contributed by atoms with Crippen molar-refractivity contribution < 1.29 is 9.18 Å². The van der Waals surface area contributed by atoms with Crippen molar-refractivity contribution in [3.8, 4) is 0 Å². The molecule has 6 nitrogen and oxygen atoms in total. The zero-order valence-electron chi connectivity index (χ0n) is 16.4. The van der Waals surface area contributed by atoms with Crippen LogP contribution in [0.25, 0.3) is 11.0 Å². The zero-order chi connectivity index (χ0) is 21.1. The lowest BCUT2D eigenvalue weighted by Gasteiger charge is -2.28. The molecule has 0 fully saturated rings. The summed E-state index contributed by atoms with van der Waals surface area (Å²) in [5.74, 6) is -0.498. The third-order valence-corrected chi connectivity index (χ3v) is 4.93. The first-order valence-electron chi connectivity index (χ1n) is 9.52. The number of rotatable bonds is 6. The predicted molar refractivity (Wildman–Crippen MR) is 115 cm³/mol. The molecule has 0 radical (unpaired) electrons. The van der Waals surface area contributed by atoms with E-state index in [1.54, 1.807) is 30.3 Å². The van der Waals surface area contributed by atoms with Gasteiger partial charge in [0.25, 0.3) is 0 Å². The summed E-state index contributed by atoms with van der Waals surface area (Å²) in [6, 6.07) is 21.1. The number of aromatic amines is 2. The number of amides is 1. The fourth-order valence-electron chi connectivity index (χ4n) is 3.61. The molecule has 0 aliphatic carbocycles. The molecule has 0 spiro atoms. The van der Waals surface area contributed by atoms with Crippen LogP contribution in [0, 0.1) is 5.82 Å². The Hall–Kier alpha value is -3.71. The fraction of sp³-hybridized carbons (Fsp3) is 0.130. The number of benzene rings is 3. The molecule has 7 heteroatoms. The Bertz CT molecular complexity index is 1220. The van der Waals surface area contributed by atoms with E-state index in [1.165, 1.54) is 12.1 Å². The summed E-state index contributed by atoms with van der Waals surface area (Å²) in [6.45, 7) is 0.124. The number of H-pyrrole nitrogens is 2. The van der Waals surface area contributed by atoms with Gasteiger partial charge in [-0.2, -0.15) is 0 Å². The third kappa shape index (κ3) is 4.31. The van der Waals surface area contributed by atoms with Crippen LogP contribution in [0.5, 0.6) is 0 Å². The zero-order valence-corrected chi connectivity index (χ0v) is 16.4.